The van der Waals surface area contributed by atoms with Crippen LogP contribution in [0.25, 0.3) is 10.1 Å². The molecule has 0 bridgehead atoms. The summed E-state index contributed by atoms with van der Waals surface area (Å²) in [5.41, 5.74) is 2.52. The Bertz CT molecular complexity index is 952. The average molecular weight is 412 g/mol. The van der Waals surface area contributed by atoms with Gasteiger partial charge < -0.3 is 15.7 Å². The summed E-state index contributed by atoms with van der Waals surface area (Å²) in [6.45, 7) is 2.50. The number of thiocarbonyl (C=S) groups is 1. The number of fused-ring (bicyclic) bond motifs is 2. The van der Waals surface area contributed by atoms with Gasteiger partial charge in [-0.25, -0.2) is 0 Å². The van der Waals surface area contributed by atoms with Crippen LogP contribution in [0.5, 0.6) is 5.75 Å². The lowest BCUT2D eigenvalue weighted by Crippen LogP contribution is -2.47. The van der Waals surface area contributed by atoms with Crippen molar-refractivity contribution in [3.8, 4) is 5.75 Å². The molecule has 0 spiro atoms. The van der Waals surface area contributed by atoms with Crippen LogP contribution in [0, 0.1) is 0 Å². The van der Waals surface area contributed by atoms with Gasteiger partial charge in [-0.2, -0.15) is 0 Å². The summed E-state index contributed by atoms with van der Waals surface area (Å²) in [5, 5.41) is 18.4. The van der Waals surface area contributed by atoms with E-state index in [-0.39, 0.29) is 0 Å². The van der Waals surface area contributed by atoms with E-state index >= 15 is 0 Å². The number of thiophene rings is 1. The van der Waals surface area contributed by atoms with Crippen molar-refractivity contribution >= 4 is 38.8 Å². The van der Waals surface area contributed by atoms with Gasteiger partial charge in [-0.3, -0.25) is 4.90 Å². The van der Waals surface area contributed by atoms with Crippen LogP contribution in [0.4, 0.5) is 0 Å². The number of hydrogen-bond acceptors (Lipinski definition) is 4. The summed E-state index contributed by atoms with van der Waals surface area (Å²) in [7, 11) is 2.12. The molecule has 2 heterocycles. The van der Waals surface area contributed by atoms with Crippen LogP contribution in [0.2, 0.25) is 0 Å². The van der Waals surface area contributed by atoms with Crippen molar-refractivity contribution < 1.29 is 5.11 Å². The molecule has 1 atom stereocenters. The number of rotatable bonds is 5. The van der Waals surface area contributed by atoms with Crippen molar-refractivity contribution in [2.24, 2.45) is 0 Å². The highest BCUT2D eigenvalue weighted by molar-refractivity contribution is 7.80. The first-order valence-electron chi connectivity index (χ1n) is 9.58. The van der Waals surface area contributed by atoms with E-state index in [0.29, 0.717) is 16.9 Å². The molecular weight excluding hydrogens is 386 g/mol. The minimum Gasteiger partial charge on any atom is -0.508 e. The molecule has 0 amide bonds. The number of nitrogens with zero attached hydrogens (tertiary/aromatic N) is 1. The van der Waals surface area contributed by atoms with E-state index in [0.717, 1.165) is 32.5 Å². The largest absolute Gasteiger partial charge is 0.508 e. The predicted octanol–water partition coefficient (Wildman–Crippen LogP) is 3.67. The standard InChI is InChI=1S/C22H25N3OS2/c1-25-14-17-11-19(26)7-6-15(17)10-18(25)13-24-22(27)23-9-8-20-12-16-4-2-3-5-21(16)28-20/h2-7,11-12,18,26H,8-10,13-14H2,1H3,(H2,23,24,27). The normalized spacial score (nSPS) is 16.7. The molecule has 2 aromatic carbocycles. The van der Waals surface area contributed by atoms with E-state index in [2.05, 4.69) is 52.9 Å². The van der Waals surface area contributed by atoms with E-state index in [1.54, 1.807) is 6.07 Å². The quantitative estimate of drug-likeness (QED) is 0.559. The van der Waals surface area contributed by atoms with Crippen LogP contribution in [-0.2, 0) is 19.4 Å². The molecule has 0 radical (unpaired) electrons. The highest BCUT2D eigenvalue weighted by Crippen LogP contribution is 2.26. The molecule has 4 rings (SSSR count). The van der Waals surface area contributed by atoms with Crippen molar-refractivity contribution in [2.75, 3.05) is 20.1 Å². The van der Waals surface area contributed by atoms with Crippen molar-refractivity contribution in [3.05, 3.63) is 64.5 Å². The van der Waals surface area contributed by atoms with Crippen LogP contribution in [0.1, 0.15) is 16.0 Å². The highest BCUT2D eigenvalue weighted by atomic mass is 32.1. The van der Waals surface area contributed by atoms with E-state index in [1.165, 1.54) is 26.1 Å². The van der Waals surface area contributed by atoms with Crippen LogP contribution in [-0.4, -0.2) is 41.3 Å². The molecule has 1 aliphatic rings. The van der Waals surface area contributed by atoms with Crippen molar-refractivity contribution in [1.82, 2.24) is 15.5 Å². The summed E-state index contributed by atoms with van der Waals surface area (Å²) in [5.74, 6) is 0.340. The Kier molecular flexibility index (Phi) is 5.80. The summed E-state index contributed by atoms with van der Waals surface area (Å²) in [4.78, 5) is 3.69. The zero-order valence-corrected chi connectivity index (χ0v) is 17.6. The van der Waals surface area contributed by atoms with Gasteiger partial charge in [-0.15, -0.1) is 11.3 Å². The van der Waals surface area contributed by atoms with Crippen LogP contribution in [0.15, 0.2) is 48.5 Å². The van der Waals surface area contributed by atoms with Crippen molar-refractivity contribution in [1.29, 1.82) is 0 Å². The summed E-state index contributed by atoms with van der Waals surface area (Å²) in [6.07, 6.45) is 1.94. The second-order valence-corrected chi connectivity index (χ2v) is 8.94. The summed E-state index contributed by atoms with van der Waals surface area (Å²) >= 11 is 7.32. The maximum atomic E-state index is 9.67. The fourth-order valence-electron chi connectivity index (χ4n) is 3.73. The van der Waals surface area contributed by atoms with Gasteiger partial charge in [0.2, 0.25) is 0 Å². The van der Waals surface area contributed by atoms with Gasteiger partial charge >= 0.3 is 0 Å². The topological polar surface area (TPSA) is 47.5 Å². The Morgan fingerprint density at radius 2 is 2.04 bits per heavy atom. The molecule has 1 aliphatic heterocycles. The van der Waals surface area contributed by atoms with Crippen LogP contribution in [0.3, 0.4) is 0 Å². The first kappa shape index (κ1) is 19.2. The molecule has 3 aromatic rings. The number of phenols is 1. The molecule has 4 nitrogen and oxygen atoms in total. The number of likely N-dealkylation sites (N-methyl/N-ethyl adjacent to an activating group) is 1. The minimum absolute atomic E-state index is 0.340. The first-order valence-corrected chi connectivity index (χ1v) is 10.8. The predicted molar refractivity (Wildman–Crippen MR) is 121 cm³/mol. The van der Waals surface area contributed by atoms with Gasteiger partial charge in [0.05, 0.1) is 0 Å². The highest BCUT2D eigenvalue weighted by Gasteiger charge is 2.23. The Morgan fingerprint density at radius 3 is 2.89 bits per heavy atom. The van der Waals surface area contributed by atoms with Crippen molar-refractivity contribution in [2.45, 2.75) is 25.4 Å². The van der Waals surface area contributed by atoms with Gasteiger partial charge in [0, 0.05) is 35.3 Å². The first-order chi connectivity index (χ1) is 13.6. The SMILES string of the molecule is CN1Cc2cc(O)ccc2CC1CNC(=S)NCCc1cc2ccccc2s1. The Labute approximate surface area is 175 Å². The molecule has 0 saturated heterocycles. The lowest BCUT2D eigenvalue weighted by atomic mass is 9.94. The lowest BCUT2D eigenvalue weighted by molar-refractivity contribution is 0.215. The number of aromatic hydroxyl groups is 1. The van der Waals surface area contributed by atoms with E-state index < -0.39 is 0 Å². The molecule has 1 unspecified atom stereocenters. The fourth-order valence-corrected chi connectivity index (χ4v) is 4.98. The van der Waals surface area contributed by atoms with Gasteiger partial charge in [0.1, 0.15) is 5.75 Å². The van der Waals surface area contributed by atoms with E-state index in [9.17, 15) is 5.11 Å². The maximum Gasteiger partial charge on any atom is 0.166 e. The summed E-state index contributed by atoms with van der Waals surface area (Å²) in [6, 6.07) is 16.8. The van der Waals surface area contributed by atoms with Crippen molar-refractivity contribution in [3.63, 3.8) is 0 Å². The number of benzene rings is 2. The minimum atomic E-state index is 0.340. The molecule has 0 fully saturated rings. The molecule has 28 heavy (non-hydrogen) atoms. The molecule has 3 N–H and O–H groups in total. The van der Waals surface area contributed by atoms with E-state index in [1.807, 2.05) is 23.5 Å². The molecule has 0 aliphatic carbocycles. The number of hydrogen-bond donors (Lipinski definition) is 3. The van der Waals surface area contributed by atoms with Gasteiger partial charge in [-0.05, 0) is 72.9 Å². The van der Waals surface area contributed by atoms with Gasteiger partial charge in [-0.1, -0.05) is 24.3 Å². The third kappa shape index (κ3) is 4.46. The number of phenolic OH excluding ortho intramolecular Hbond substituents is 1. The zero-order valence-electron chi connectivity index (χ0n) is 15.9. The summed E-state index contributed by atoms with van der Waals surface area (Å²) < 4.78 is 1.34. The van der Waals surface area contributed by atoms with Crippen LogP contribution < -0.4 is 10.6 Å². The number of nitrogens with one attached hydrogen (secondary N) is 2. The van der Waals surface area contributed by atoms with E-state index in [4.69, 9.17) is 12.2 Å². The average Bonchev–Trinajstić information content (AvgIpc) is 3.09. The maximum absolute atomic E-state index is 9.67. The Morgan fingerprint density at radius 1 is 1.18 bits per heavy atom. The lowest BCUT2D eigenvalue weighted by Gasteiger charge is -2.34. The fraction of sp³-hybridized carbons (Fsp3) is 0.318. The molecular formula is C22H25N3OS2. The molecule has 0 saturated carbocycles. The Balaban J connectivity index is 1.23. The van der Waals surface area contributed by atoms with Crippen LogP contribution >= 0.6 is 23.6 Å². The second kappa shape index (κ2) is 8.47. The molecule has 1 aromatic heterocycles. The molecule has 6 heteroatoms. The Hall–Kier alpha value is -2.15. The third-order valence-electron chi connectivity index (χ3n) is 5.32. The van der Waals surface area contributed by atoms with Gasteiger partial charge in [0.25, 0.3) is 0 Å². The second-order valence-electron chi connectivity index (χ2n) is 7.36. The monoisotopic (exact) mass is 411 g/mol. The van der Waals surface area contributed by atoms with Gasteiger partial charge in [0.15, 0.2) is 5.11 Å². The molecule has 146 valence electrons. The smallest absolute Gasteiger partial charge is 0.166 e. The third-order valence-corrected chi connectivity index (χ3v) is 6.78. The zero-order chi connectivity index (χ0) is 19.5.